The van der Waals surface area contributed by atoms with Gasteiger partial charge in [-0.05, 0) is 23.3 Å². The Morgan fingerprint density at radius 3 is 1.55 bits per heavy atom. The van der Waals surface area contributed by atoms with Gasteiger partial charge < -0.3 is 5.73 Å². The maximum atomic E-state index is 13.5. The maximum absolute atomic E-state index is 13.5. The fourth-order valence-corrected chi connectivity index (χ4v) is 1.88. The van der Waals surface area contributed by atoms with E-state index in [1.807, 2.05) is 0 Å². The third kappa shape index (κ3) is 2.75. The summed E-state index contributed by atoms with van der Waals surface area (Å²) in [7, 11) is 0. The molecule has 0 spiro atoms. The van der Waals surface area contributed by atoms with Gasteiger partial charge in [-0.3, -0.25) is 0 Å². The van der Waals surface area contributed by atoms with Gasteiger partial charge in [0.1, 0.15) is 0 Å². The molecule has 22 heavy (non-hydrogen) atoms. The van der Waals surface area contributed by atoms with Crippen LogP contribution in [0.15, 0.2) is 48.5 Å². The van der Waals surface area contributed by atoms with E-state index < -0.39 is 23.8 Å². The third-order valence-corrected chi connectivity index (χ3v) is 3.18. The molecule has 1 nitrogen and oxygen atoms in total. The van der Waals surface area contributed by atoms with Crippen molar-refractivity contribution in [3.63, 3.8) is 0 Å². The van der Waals surface area contributed by atoms with Crippen molar-refractivity contribution in [2.75, 3.05) is 5.73 Å². The van der Waals surface area contributed by atoms with Crippen LogP contribution < -0.4 is 5.73 Å². The minimum atomic E-state index is -5.43. The largest absolute Gasteiger partial charge is 0.399 e. The van der Waals surface area contributed by atoms with Crippen molar-refractivity contribution in [1.82, 2.24) is 0 Å². The highest BCUT2D eigenvalue weighted by Crippen LogP contribution is 2.46. The summed E-state index contributed by atoms with van der Waals surface area (Å²) in [6, 6.07) is 10.2. The van der Waals surface area contributed by atoms with Gasteiger partial charge in [-0.2, -0.15) is 17.6 Å². The molecule has 0 saturated heterocycles. The van der Waals surface area contributed by atoms with Crippen LogP contribution in [-0.4, -0.2) is 12.3 Å². The molecule has 0 unspecified atom stereocenters. The second-order valence-corrected chi connectivity index (χ2v) is 4.70. The monoisotopic (exact) mass is 319 g/mol. The Morgan fingerprint density at radius 2 is 1.14 bits per heavy atom. The number of benzene rings is 2. The fraction of sp³-hybridized carbons (Fsp3) is 0.200. The minimum Gasteiger partial charge on any atom is -0.399 e. The maximum Gasteiger partial charge on any atom is 0.373 e. The molecular weight excluding hydrogens is 308 g/mol. The molecule has 118 valence electrons. The first kappa shape index (κ1) is 16.2. The minimum absolute atomic E-state index is 0.472. The van der Waals surface area contributed by atoms with E-state index in [0.717, 1.165) is 12.1 Å². The second-order valence-electron chi connectivity index (χ2n) is 4.70. The van der Waals surface area contributed by atoms with Gasteiger partial charge in [0.2, 0.25) is 0 Å². The first-order valence-corrected chi connectivity index (χ1v) is 6.16. The summed E-state index contributed by atoms with van der Waals surface area (Å²) >= 11 is 0. The Balaban J connectivity index is 2.34. The first-order chi connectivity index (χ1) is 10.2. The topological polar surface area (TPSA) is 26.0 Å². The summed E-state index contributed by atoms with van der Waals surface area (Å²) in [4.78, 5) is 0. The Bertz CT molecular complexity index is 634. The van der Waals surface area contributed by atoms with Crippen LogP contribution in [0.1, 0.15) is 5.56 Å². The number of anilines is 1. The number of hydrogen-bond donors (Lipinski definition) is 1. The number of halogens is 6. The van der Waals surface area contributed by atoms with Crippen molar-refractivity contribution in [3.05, 3.63) is 54.1 Å². The molecule has 0 fully saturated rings. The van der Waals surface area contributed by atoms with Gasteiger partial charge in [0.25, 0.3) is 0 Å². The molecule has 2 aromatic carbocycles. The summed E-state index contributed by atoms with van der Waals surface area (Å²) in [6.07, 6.45) is -4.46. The molecule has 7 heteroatoms. The van der Waals surface area contributed by atoms with E-state index in [1.165, 1.54) is 0 Å². The molecule has 0 radical (unpaired) electrons. The van der Waals surface area contributed by atoms with Gasteiger partial charge >= 0.3 is 18.3 Å². The van der Waals surface area contributed by atoms with Crippen molar-refractivity contribution in [2.45, 2.75) is 18.3 Å². The van der Waals surface area contributed by atoms with Gasteiger partial charge in [0, 0.05) is 11.3 Å². The molecule has 2 N–H and O–H groups in total. The van der Waals surface area contributed by atoms with E-state index in [2.05, 4.69) is 0 Å². The Kier molecular flexibility index (Phi) is 4.08. The van der Waals surface area contributed by atoms with Crippen LogP contribution in [0.2, 0.25) is 0 Å². The van der Waals surface area contributed by atoms with Crippen LogP contribution in [0.4, 0.5) is 32.0 Å². The SMILES string of the molecule is Nc1ccc(-c2ccc(C(F)(F)C(F)(F)C(F)F)cc2)cc1. The average molecular weight is 319 g/mol. The molecule has 0 aliphatic heterocycles. The molecule has 2 rings (SSSR count). The van der Waals surface area contributed by atoms with Crippen molar-refractivity contribution in [2.24, 2.45) is 0 Å². The van der Waals surface area contributed by atoms with Crippen molar-refractivity contribution >= 4 is 5.69 Å². The van der Waals surface area contributed by atoms with Crippen LogP contribution in [-0.2, 0) is 5.92 Å². The number of alkyl halides is 6. The highest BCUT2D eigenvalue weighted by Gasteiger charge is 2.63. The third-order valence-electron chi connectivity index (χ3n) is 3.18. The fourth-order valence-electron chi connectivity index (χ4n) is 1.88. The van der Waals surface area contributed by atoms with E-state index in [-0.39, 0.29) is 0 Å². The standard InChI is InChI=1S/C15H11F6N/c16-13(17)15(20,21)14(18,19)11-5-1-9(2-6-11)10-3-7-12(22)8-4-10/h1-8,13H,22H2. The lowest BCUT2D eigenvalue weighted by Crippen LogP contribution is -2.44. The zero-order valence-electron chi connectivity index (χ0n) is 11.0. The van der Waals surface area contributed by atoms with Crippen LogP contribution in [0, 0.1) is 0 Å². The van der Waals surface area contributed by atoms with Gasteiger partial charge in [0.15, 0.2) is 0 Å². The van der Waals surface area contributed by atoms with E-state index in [9.17, 15) is 26.3 Å². The van der Waals surface area contributed by atoms with Crippen LogP contribution >= 0.6 is 0 Å². The molecule has 0 bridgehead atoms. The highest BCUT2D eigenvalue weighted by atomic mass is 19.3. The van der Waals surface area contributed by atoms with Crippen LogP contribution in [0.25, 0.3) is 11.1 Å². The number of nitrogen functional groups attached to an aromatic ring is 1. The quantitative estimate of drug-likeness (QED) is 0.628. The van der Waals surface area contributed by atoms with E-state index in [0.29, 0.717) is 28.9 Å². The van der Waals surface area contributed by atoms with E-state index in [4.69, 9.17) is 5.73 Å². The zero-order chi connectivity index (χ0) is 16.5. The predicted octanol–water partition coefficient (Wildman–Crippen LogP) is 4.93. The summed E-state index contributed by atoms with van der Waals surface area (Å²) in [5.41, 5.74) is 5.94. The van der Waals surface area contributed by atoms with Crippen molar-refractivity contribution in [3.8, 4) is 11.1 Å². The molecule has 0 heterocycles. The summed E-state index contributed by atoms with van der Waals surface area (Å²) < 4.78 is 77.2. The lowest BCUT2D eigenvalue weighted by atomic mass is 9.98. The van der Waals surface area contributed by atoms with Gasteiger partial charge in [-0.15, -0.1) is 0 Å². The lowest BCUT2D eigenvalue weighted by molar-refractivity contribution is -0.270. The van der Waals surface area contributed by atoms with Gasteiger partial charge in [-0.1, -0.05) is 36.4 Å². The average Bonchev–Trinajstić information content (AvgIpc) is 2.48. The Labute approximate surface area is 122 Å². The summed E-state index contributed by atoms with van der Waals surface area (Å²) in [5.74, 6) is -10.4. The second kappa shape index (κ2) is 5.55. The van der Waals surface area contributed by atoms with Gasteiger partial charge in [-0.25, -0.2) is 8.78 Å². The Morgan fingerprint density at radius 1 is 0.727 bits per heavy atom. The number of nitrogens with two attached hydrogens (primary N) is 1. The first-order valence-electron chi connectivity index (χ1n) is 6.16. The van der Waals surface area contributed by atoms with Crippen LogP contribution in [0.5, 0.6) is 0 Å². The van der Waals surface area contributed by atoms with E-state index >= 15 is 0 Å². The normalized spacial score (nSPS) is 12.7. The molecule has 0 aromatic heterocycles. The molecule has 0 aliphatic rings. The van der Waals surface area contributed by atoms with Crippen molar-refractivity contribution < 1.29 is 26.3 Å². The zero-order valence-corrected chi connectivity index (χ0v) is 11.0. The highest BCUT2D eigenvalue weighted by molar-refractivity contribution is 5.65. The lowest BCUT2D eigenvalue weighted by Gasteiger charge is -2.26. The van der Waals surface area contributed by atoms with Gasteiger partial charge in [0.05, 0.1) is 0 Å². The molecule has 0 saturated carbocycles. The van der Waals surface area contributed by atoms with E-state index in [1.54, 1.807) is 24.3 Å². The Hall–Kier alpha value is -2.18. The smallest absolute Gasteiger partial charge is 0.373 e. The molecule has 0 atom stereocenters. The molecular formula is C15H11F6N. The summed E-state index contributed by atoms with van der Waals surface area (Å²) in [6.45, 7) is 0. The molecule has 2 aromatic rings. The van der Waals surface area contributed by atoms with Crippen LogP contribution in [0.3, 0.4) is 0 Å². The molecule has 0 aliphatic carbocycles. The van der Waals surface area contributed by atoms with Crippen molar-refractivity contribution in [1.29, 1.82) is 0 Å². The number of rotatable bonds is 4. The molecule has 0 amide bonds. The predicted molar refractivity (Wildman–Crippen MR) is 71.1 cm³/mol. The summed E-state index contributed by atoms with van der Waals surface area (Å²) in [5, 5.41) is 0. The number of hydrogen-bond acceptors (Lipinski definition) is 1.